The highest BCUT2D eigenvalue weighted by Crippen LogP contribution is 2.12. The molecule has 0 spiro atoms. The Morgan fingerprint density at radius 1 is 1.28 bits per heavy atom. The van der Waals surface area contributed by atoms with Gasteiger partial charge in [0.1, 0.15) is 0 Å². The third-order valence-electron chi connectivity index (χ3n) is 3.05. The molecule has 3 nitrogen and oxygen atoms in total. The minimum Gasteiger partial charge on any atom is -0.311 e. The molecule has 1 aromatic rings. The van der Waals surface area contributed by atoms with Crippen LogP contribution in [-0.2, 0) is 6.54 Å². The molecule has 0 aliphatic carbocycles. The number of nitrogens with zero attached hydrogens (tertiary/aromatic N) is 2. The summed E-state index contributed by atoms with van der Waals surface area (Å²) in [6.45, 7) is 11.8. The predicted octanol–water partition coefficient (Wildman–Crippen LogP) is 2.94. The Morgan fingerprint density at radius 2 is 1.94 bits per heavy atom. The van der Waals surface area contributed by atoms with E-state index in [1.54, 1.807) is 12.4 Å². The number of nitrogens with one attached hydrogen (secondary N) is 1. The molecule has 1 rings (SSSR count). The fraction of sp³-hybridized carbons (Fsp3) is 0.643. The Morgan fingerprint density at radius 3 is 2.50 bits per heavy atom. The van der Waals surface area contributed by atoms with Gasteiger partial charge in [0.15, 0.2) is 0 Å². The first-order valence-corrected chi connectivity index (χ1v) is 6.95. The monoisotopic (exact) mass is 269 g/mol. The number of rotatable bonds is 7. The van der Waals surface area contributed by atoms with Crippen LogP contribution in [0.25, 0.3) is 0 Å². The second-order valence-corrected chi connectivity index (χ2v) is 5.48. The SMILES string of the molecule is CC(C)N(CCNCc1ccncc1Cl)C(C)C. The third kappa shape index (κ3) is 4.92. The van der Waals surface area contributed by atoms with Gasteiger partial charge in [0.2, 0.25) is 0 Å². The van der Waals surface area contributed by atoms with Gasteiger partial charge in [0, 0.05) is 44.1 Å². The summed E-state index contributed by atoms with van der Waals surface area (Å²) < 4.78 is 0. The largest absolute Gasteiger partial charge is 0.311 e. The number of halogens is 1. The van der Waals surface area contributed by atoms with Crippen LogP contribution in [0, 0.1) is 0 Å². The third-order valence-corrected chi connectivity index (χ3v) is 3.39. The zero-order valence-electron chi connectivity index (χ0n) is 11.8. The van der Waals surface area contributed by atoms with Crippen LogP contribution in [0.2, 0.25) is 5.02 Å². The number of aromatic nitrogens is 1. The number of pyridine rings is 1. The summed E-state index contributed by atoms with van der Waals surface area (Å²) in [6.07, 6.45) is 3.46. The molecule has 0 radical (unpaired) electrons. The molecule has 0 saturated carbocycles. The summed E-state index contributed by atoms with van der Waals surface area (Å²) in [5.41, 5.74) is 1.10. The van der Waals surface area contributed by atoms with E-state index in [-0.39, 0.29) is 0 Å². The molecule has 0 atom stereocenters. The molecule has 18 heavy (non-hydrogen) atoms. The minimum atomic E-state index is 0.580. The van der Waals surface area contributed by atoms with Gasteiger partial charge in [0.25, 0.3) is 0 Å². The van der Waals surface area contributed by atoms with Crippen LogP contribution in [-0.4, -0.2) is 35.1 Å². The van der Waals surface area contributed by atoms with E-state index in [0.29, 0.717) is 12.1 Å². The molecule has 0 bridgehead atoms. The first kappa shape index (κ1) is 15.4. The average molecular weight is 270 g/mol. The Kier molecular flexibility index (Phi) is 6.61. The molecular formula is C14H24ClN3. The Balaban J connectivity index is 2.32. The van der Waals surface area contributed by atoms with Crippen molar-refractivity contribution < 1.29 is 0 Å². The molecule has 0 aliphatic rings. The van der Waals surface area contributed by atoms with E-state index in [4.69, 9.17) is 11.6 Å². The molecule has 0 aliphatic heterocycles. The van der Waals surface area contributed by atoms with Crippen LogP contribution in [0.1, 0.15) is 33.3 Å². The summed E-state index contributed by atoms with van der Waals surface area (Å²) in [6, 6.07) is 3.12. The van der Waals surface area contributed by atoms with Gasteiger partial charge < -0.3 is 5.32 Å². The molecule has 0 fully saturated rings. The average Bonchev–Trinajstić information content (AvgIpc) is 2.30. The Bertz CT molecular complexity index is 345. The van der Waals surface area contributed by atoms with Crippen LogP contribution in [0.4, 0.5) is 0 Å². The number of hydrogen-bond donors (Lipinski definition) is 1. The highest BCUT2D eigenvalue weighted by molar-refractivity contribution is 6.31. The van der Waals surface area contributed by atoms with Gasteiger partial charge in [-0.25, -0.2) is 0 Å². The first-order chi connectivity index (χ1) is 8.52. The van der Waals surface area contributed by atoms with Gasteiger partial charge in [-0.3, -0.25) is 9.88 Å². The maximum absolute atomic E-state index is 6.05. The van der Waals surface area contributed by atoms with Crippen LogP contribution >= 0.6 is 11.6 Å². The molecule has 0 unspecified atom stereocenters. The van der Waals surface area contributed by atoms with E-state index in [2.05, 4.69) is 42.9 Å². The van der Waals surface area contributed by atoms with Crippen molar-refractivity contribution in [3.05, 3.63) is 29.0 Å². The van der Waals surface area contributed by atoms with E-state index in [9.17, 15) is 0 Å². The quantitative estimate of drug-likeness (QED) is 0.772. The summed E-state index contributed by atoms with van der Waals surface area (Å²) in [5, 5.41) is 4.16. The van der Waals surface area contributed by atoms with Crippen LogP contribution in [0.5, 0.6) is 0 Å². The fourth-order valence-corrected chi connectivity index (χ4v) is 2.28. The minimum absolute atomic E-state index is 0.580. The molecule has 0 saturated heterocycles. The maximum Gasteiger partial charge on any atom is 0.0634 e. The van der Waals surface area contributed by atoms with Crippen molar-refractivity contribution in [3.63, 3.8) is 0 Å². The van der Waals surface area contributed by atoms with Crippen molar-refractivity contribution in [2.75, 3.05) is 13.1 Å². The zero-order chi connectivity index (χ0) is 13.5. The molecule has 102 valence electrons. The van der Waals surface area contributed by atoms with E-state index in [1.807, 2.05) is 6.07 Å². The molecule has 4 heteroatoms. The molecule has 0 amide bonds. The highest BCUT2D eigenvalue weighted by Gasteiger charge is 2.12. The Hall–Kier alpha value is -0.640. The van der Waals surface area contributed by atoms with Crippen LogP contribution in [0.3, 0.4) is 0 Å². The molecular weight excluding hydrogens is 246 g/mol. The van der Waals surface area contributed by atoms with Gasteiger partial charge in [-0.05, 0) is 39.3 Å². The topological polar surface area (TPSA) is 28.2 Å². The summed E-state index contributed by atoms with van der Waals surface area (Å²) in [5.74, 6) is 0. The van der Waals surface area contributed by atoms with Crippen molar-refractivity contribution >= 4 is 11.6 Å². The molecule has 1 N–H and O–H groups in total. The summed E-state index contributed by atoms with van der Waals surface area (Å²) >= 11 is 6.05. The van der Waals surface area contributed by atoms with E-state index >= 15 is 0 Å². The molecule has 0 aromatic carbocycles. The van der Waals surface area contributed by atoms with Crippen molar-refractivity contribution in [1.82, 2.24) is 15.2 Å². The maximum atomic E-state index is 6.05. The fourth-order valence-electron chi connectivity index (χ4n) is 2.09. The highest BCUT2D eigenvalue weighted by atomic mass is 35.5. The second-order valence-electron chi connectivity index (χ2n) is 5.07. The number of hydrogen-bond acceptors (Lipinski definition) is 3. The van der Waals surface area contributed by atoms with Crippen LogP contribution in [0.15, 0.2) is 18.5 Å². The van der Waals surface area contributed by atoms with Crippen LogP contribution < -0.4 is 5.32 Å². The standard InChI is InChI=1S/C14H24ClN3/c1-11(2)18(12(3)4)8-7-17-9-13-5-6-16-10-14(13)15/h5-6,10-12,17H,7-9H2,1-4H3. The molecule has 1 heterocycles. The zero-order valence-corrected chi connectivity index (χ0v) is 12.5. The lowest BCUT2D eigenvalue weighted by Crippen LogP contribution is -2.41. The lowest BCUT2D eigenvalue weighted by Gasteiger charge is -2.30. The van der Waals surface area contributed by atoms with E-state index in [0.717, 1.165) is 30.2 Å². The normalized spacial score (nSPS) is 11.8. The lowest BCUT2D eigenvalue weighted by molar-refractivity contribution is 0.176. The second kappa shape index (κ2) is 7.72. The van der Waals surface area contributed by atoms with Gasteiger partial charge in [-0.2, -0.15) is 0 Å². The first-order valence-electron chi connectivity index (χ1n) is 6.57. The van der Waals surface area contributed by atoms with E-state index in [1.165, 1.54) is 0 Å². The van der Waals surface area contributed by atoms with Gasteiger partial charge in [0.05, 0.1) is 5.02 Å². The van der Waals surface area contributed by atoms with Gasteiger partial charge in [-0.1, -0.05) is 11.6 Å². The van der Waals surface area contributed by atoms with Crippen molar-refractivity contribution in [2.45, 2.75) is 46.3 Å². The van der Waals surface area contributed by atoms with E-state index < -0.39 is 0 Å². The summed E-state index contributed by atoms with van der Waals surface area (Å²) in [7, 11) is 0. The van der Waals surface area contributed by atoms with Crippen molar-refractivity contribution in [2.24, 2.45) is 0 Å². The predicted molar refractivity (Wildman–Crippen MR) is 77.9 cm³/mol. The van der Waals surface area contributed by atoms with Gasteiger partial charge >= 0.3 is 0 Å². The Labute approximate surface area is 116 Å². The van der Waals surface area contributed by atoms with Crippen molar-refractivity contribution in [3.8, 4) is 0 Å². The van der Waals surface area contributed by atoms with Crippen molar-refractivity contribution in [1.29, 1.82) is 0 Å². The lowest BCUT2D eigenvalue weighted by atomic mass is 10.2. The van der Waals surface area contributed by atoms with Gasteiger partial charge in [-0.15, -0.1) is 0 Å². The summed E-state index contributed by atoms with van der Waals surface area (Å²) in [4.78, 5) is 6.45. The smallest absolute Gasteiger partial charge is 0.0634 e. The molecule has 1 aromatic heterocycles.